The van der Waals surface area contributed by atoms with E-state index in [1.807, 2.05) is 38.1 Å². The average Bonchev–Trinajstić information content (AvgIpc) is 2.69. The van der Waals surface area contributed by atoms with E-state index in [1.54, 1.807) is 7.11 Å². The number of para-hydroxylation sites is 2. The van der Waals surface area contributed by atoms with E-state index in [0.29, 0.717) is 13.1 Å². The molecule has 1 unspecified atom stereocenters. The predicted molar refractivity (Wildman–Crippen MR) is 127 cm³/mol. The standard InChI is InChI=1S/C21H37N3O3.HI/c1-6-21(7-2,13-14-25)16-24-20(22-8-3)23-15-17(4)27-19-12-10-9-11-18(19)26-5;/h9-12,17,25H,6-8,13-16H2,1-5H3,(H2,22,23,24);1H. The highest BCUT2D eigenvalue weighted by Crippen LogP contribution is 2.30. The molecule has 0 saturated carbocycles. The van der Waals surface area contributed by atoms with E-state index in [4.69, 9.17) is 14.5 Å². The summed E-state index contributed by atoms with van der Waals surface area (Å²) < 4.78 is 11.3. The largest absolute Gasteiger partial charge is 0.493 e. The van der Waals surface area contributed by atoms with Gasteiger partial charge in [-0.1, -0.05) is 26.0 Å². The highest BCUT2D eigenvalue weighted by molar-refractivity contribution is 14.0. The second kappa shape index (κ2) is 14.7. The summed E-state index contributed by atoms with van der Waals surface area (Å²) in [5.41, 5.74) is 0.0522. The van der Waals surface area contributed by atoms with Crippen molar-refractivity contribution in [3.8, 4) is 11.5 Å². The fourth-order valence-corrected chi connectivity index (χ4v) is 2.95. The van der Waals surface area contributed by atoms with Gasteiger partial charge in [0.15, 0.2) is 17.5 Å². The van der Waals surface area contributed by atoms with Crippen LogP contribution in [0.1, 0.15) is 47.0 Å². The molecule has 0 aliphatic carbocycles. The van der Waals surface area contributed by atoms with Gasteiger partial charge in [-0.3, -0.25) is 4.99 Å². The summed E-state index contributed by atoms with van der Waals surface area (Å²) in [4.78, 5) is 4.76. The fourth-order valence-electron chi connectivity index (χ4n) is 2.95. The molecule has 0 aliphatic heterocycles. The van der Waals surface area contributed by atoms with Crippen LogP contribution in [0.4, 0.5) is 0 Å². The molecule has 0 spiro atoms. The fraction of sp³-hybridized carbons (Fsp3) is 0.667. The van der Waals surface area contributed by atoms with Crippen LogP contribution in [0.3, 0.4) is 0 Å². The summed E-state index contributed by atoms with van der Waals surface area (Å²) in [6.45, 7) is 10.7. The smallest absolute Gasteiger partial charge is 0.191 e. The topological polar surface area (TPSA) is 75.1 Å². The summed E-state index contributed by atoms with van der Waals surface area (Å²) in [5, 5.41) is 16.0. The highest BCUT2D eigenvalue weighted by atomic mass is 127. The average molecular weight is 507 g/mol. The van der Waals surface area contributed by atoms with Gasteiger partial charge in [0, 0.05) is 19.7 Å². The SMILES string of the molecule is CCNC(=NCC(CC)(CC)CCO)NCC(C)Oc1ccccc1OC.I. The maximum Gasteiger partial charge on any atom is 0.191 e. The van der Waals surface area contributed by atoms with Gasteiger partial charge in [0.1, 0.15) is 6.10 Å². The molecule has 0 aromatic heterocycles. The number of halogens is 1. The third-order valence-electron chi connectivity index (χ3n) is 5.01. The van der Waals surface area contributed by atoms with Crippen LogP contribution in [0, 0.1) is 5.41 Å². The van der Waals surface area contributed by atoms with Crippen molar-refractivity contribution in [1.82, 2.24) is 10.6 Å². The lowest BCUT2D eigenvalue weighted by Gasteiger charge is -2.29. The maximum absolute atomic E-state index is 9.39. The Bertz CT molecular complexity index is 566. The highest BCUT2D eigenvalue weighted by Gasteiger charge is 2.25. The number of nitrogens with one attached hydrogen (secondary N) is 2. The van der Waals surface area contributed by atoms with Crippen LogP contribution >= 0.6 is 24.0 Å². The molecule has 1 aromatic carbocycles. The van der Waals surface area contributed by atoms with Crippen molar-refractivity contribution in [2.45, 2.75) is 53.1 Å². The molecule has 7 heteroatoms. The zero-order valence-electron chi connectivity index (χ0n) is 18.0. The molecule has 3 N–H and O–H groups in total. The molecular formula is C21H38IN3O3. The lowest BCUT2D eigenvalue weighted by molar-refractivity contribution is 0.175. The first kappa shape index (κ1) is 26.8. The number of nitrogens with zero attached hydrogens (tertiary/aromatic N) is 1. The van der Waals surface area contributed by atoms with Crippen LogP contribution in [-0.4, -0.2) is 50.5 Å². The van der Waals surface area contributed by atoms with Gasteiger partial charge in [-0.05, 0) is 50.7 Å². The molecule has 1 atom stereocenters. The number of hydrogen-bond donors (Lipinski definition) is 3. The molecule has 0 aliphatic rings. The molecule has 162 valence electrons. The van der Waals surface area contributed by atoms with Gasteiger partial charge in [0.05, 0.1) is 13.7 Å². The van der Waals surface area contributed by atoms with Crippen molar-refractivity contribution >= 4 is 29.9 Å². The first-order chi connectivity index (χ1) is 13.0. The van der Waals surface area contributed by atoms with E-state index in [0.717, 1.165) is 43.3 Å². The number of rotatable bonds is 12. The third-order valence-corrected chi connectivity index (χ3v) is 5.01. The Hall–Kier alpha value is -1.22. The molecular weight excluding hydrogens is 469 g/mol. The van der Waals surface area contributed by atoms with Crippen LogP contribution in [-0.2, 0) is 0 Å². The Morgan fingerprint density at radius 3 is 2.32 bits per heavy atom. The first-order valence-corrected chi connectivity index (χ1v) is 9.96. The molecule has 0 saturated heterocycles. The van der Waals surface area contributed by atoms with Gasteiger partial charge in [-0.2, -0.15) is 0 Å². The Kier molecular flexibility index (Phi) is 14.1. The number of guanidine groups is 1. The minimum Gasteiger partial charge on any atom is -0.493 e. The summed E-state index contributed by atoms with van der Waals surface area (Å²) in [5.74, 6) is 2.23. The number of aliphatic imine (C=N–C) groups is 1. The summed E-state index contributed by atoms with van der Waals surface area (Å²) >= 11 is 0. The van der Waals surface area contributed by atoms with Gasteiger partial charge in [-0.25, -0.2) is 0 Å². The van der Waals surface area contributed by atoms with Crippen molar-refractivity contribution in [2.75, 3.05) is 33.4 Å². The van der Waals surface area contributed by atoms with Crippen molar-refractivity contribution < 1.29 is 14.6 Å². The number of aliphatic hydroxyl groups excluding tert-OH is 1. The van der Waals surface area contributed by atoms with E-state index in [1.165, 1.54) is 0 Å². The van der Waals surface area contributed by atoms with Crippen LogP contribution in [0.2, 0.25) is 0 Å². The van der Waals surface area contributed by atoms with E-state index in [9.17, 15) is 5.11 Å². The molecule has 6 nitrogen and oxygen atoms in total. The predicted octanol–water partition coefficient (Wildman–Crippen LogP) is 3.82. The first-order valence-electron chi connectivity index (χ1n) is 9.96. The molecule has 0 amide bonds. The molecule has 0 bridgehead atoms. The molecule has 1 rings (SSSR count). The quantitative estimate of drug-likeness (QED) is 0.228. The number of ether oxygens (including phenoxy) is 2. The molecule has 0 radical (unpaired) electrons. The van der Waals surface area contributed by atoms with E-state index >= 15 is 0 Å². The van der Waals surface area contributed by atoms with Gasteiger partial charge >= 0.3 is 0 Å². The second-order valence-corrected chi connectivity index (χ2v) is 6.84. The second-order valence-electron chi connectivity index (χ2n) is 6.84. The lowest BCUT2D eigenvalue weighted by atomic mass is 9.79. The van der Waals surface area contributed by atoms with E-state index in [2.05, 4.69) is 24.5 Å². The normalized spacial score (nSPS) is 12.7. The van der Waals surface area contributed by atoms with Crippen molar-refractivity contribution in [3.05, 3.63) is 24.3 Å². The minimum absolute atomic E-state index is 0. The van der Waals surface area contributed by atoms with E-state index in [-0.39, 0.29) is 42.1 Å². The number of benzene rings is 1. The maximum atomic E-state index is 9.39. The number of methoxy groups -OCH3 is 1. The Balaban J connectivity index is 0.00000729. The zero-order chi connectivity index (χ0) is 20.1. The number of aliphatic hydroxyl groups is 1. The number of hydrogen-bond acceptors (Lipinski definition) is 4. The monoisotopic (exact) mass is 507 g/mol. The minimum atomic E-state index is -0.0512. The Morgan fingerprint density at radius 1 is 1.14 bits per heavy atom. The van der Waals surface area contributed by atoms with Gasteiger partial charge in [-0.15, -0.1) is 24.0 Å². The van der Waals surface area contributed by atoms with Crippen molar-refractivity contribution in [2.24, 2.45) is 10.4 Å². The summed E-state index contributed by atoms with van der Waals surface area (Å²) in [6, 6.07) is 7.64. The third kappa shape index (κ3) is 8.86. The molecule has 0 heterocycles. The molecule has 1 aromatic rings. The van der Waals surface area contributed by atoms with E-state index < -0.39 is 0 Å². The van der Waals surface area contributed by atoms with Crippen LogP contribution in [0.25, 0.3) is 0 Å². The lowest BCUT2D eigenvalue weighted by Crippen LogP contribution is -2.42. The van der Waals surface area contributed by atoms with Crippen LogP contribution in [0.15, 0.2) is 29.3 Å². The molecule has 0 fully saturated rings. The van der Waals surface area contributed by atoms with Gasteiger partial charge < -0.3 is 25.2 Å². The van der Waals surface area contributed by atoms with Gasteiger partial charge in [0.2, 0.25) is 0 Å². The van der Waals surface area contributed by atoms with Crippen LogP contribution < -0.4 is 20.1 Å². The summed E-state index contributed by atoms with van der Waals surface area (Å²) in [7, 11) is 1.64. The van der Waals surface area contributed by atoms with Crippen molar-refractivity contribution in [3.63, 3.8) is 0 Å². The van der Waals surface area contributed by atoms with Crippen molar-refractivity contribution in [1.29, 1.82) is 0 Å². The Morgan fingerprint density at radius 2 is 1.79 bits per heavy atom. The van der Waals surface area contributed by atoms with Crippen LogP contribution in [0.5, 0.6) is 11.5 Å². The van der Waals surface area contributed by atoms with Gasteiger partial charge in [0.25, 0.3) is 0 Å². The zero-order valence-corrected chi connectivity index (χ0v) is 20.3. The Labute approximate surface area is 187 Å². The summed E-state index contributed by atoms with van der Waals surface area (Å²) in [6.07, 6.45) is 2.72. The molecule has 28 heavy (non-hydrogen) atoms.